The summed E-state index contributed by atoms with van der Waals surface area (Å²) in [6.07, 6.45) is 2.76. The molecule has 4 N–H and O–H groups in total. The number of imidazole rings is 1. The van der Waals surface area contributed by atoms with E-state index in [0.29, 0.717) is 21.8 Å². The van der Waals surface area contributed by atoms with Gasteiger partial charge in [0, 0.05) is 0 Å². The van der Waals surface area contributed by atoms with Gasteiger partial charge in [0.15, 0.2) is 5.65 Å². The third-order valence-corrected chi connectivity index (χ3v) is 5.55. The summed E-state index contributed by atoms with van der Waals surface area (Å²) in [5.74, 6) is -0.800. The maximum absolute atomic E-state index is 13.5. The Kier molecular flexibility index (Phi) is 5.82. The van der Waals surface area contributed by atoms with E-state index in [1.807, 2.05) is 0 Å². The minimum absolute atomic E-state index is 0.00568. The zero-order chi connectivity index (χ0) is 22.0. The Hall–Kier alpha value is -3.51. The fourth-order valence-electron chi connectivity index (χ4n) is 2.66. The van der Waals surface area contributed by atoms with E-state index in [2.05, 4.69) is 35.2 Å². The van der Waals surface area contributed by atoms with Gasteiger partial charge in [0.25, 0.3) is 0 Å². The van der Waals surface area contributed by atoms with E-state index in [0.717, 1.165) is 11.8 Å². The summed E-state index contributed by atoms with van der Waals surface area (Å²) in [6, 6.07) is 5.53. The van der Waals surface area contributed by atoms with E-state index in [9.17, 15) is 9.18 Å². The second-order valence-corrected chi connectivity index (χ2v) is 7.58. The van der Waals surface area contributed by atoms with Crippen LogP contribution in [0.2, 0.25) is 5.02 Å². The predicted octanol–water partition coefficient (Wildman–Crippen LogP) is 3.00. The minimum Gasteiger partial charge on any atom is -0.480 e. The number of amides is 1. The van der Waals surface area contributed by atoms with Crippen molar-refractivity contribution >= 4 is 52.3 Å². The Bertz CT molecular complexity index is 1250. The number of anilines is 2. The lowest BCUT2D eigenvalue weighted by Crippen LogP contribution is -2.21. The largest absolute Gasteiger partial charge is 0.480 e. The van der Waals surface area contributed by atoms with Crippen LogP contribution in [-0.4, -0.2) is 42.9 Å². The van der Waals surface area contributed by atoms with Crippen LogP contribution >= 0.6 is 23.4 Å². The molecule has 3 heterocycles. The molecule has 4 rings (SSSR count). The number of carbonyl (C=O) groups excluding carboxylic acids is 1. The van der Waals surface area contributed by atoms with Gasteiger partial charge in [-0.25, -0.2) is 19.3 Å². The Morgan fingerprint density at radius 2 is 2.03 bits per heavy atom. The fraction of sp³-hybridized carbons (Fsp3) is 0.111. The van der Waals surface area contributed by atoms with Crippen molar-refractivity contribution in [3.63, 3.8) is 0 Å². The third-order valence-electron chi connectivity index (χ3n) is 4.05. The predicted molar refractivity (Wildman–Crippen MR) is 113 cm³/mol. The molecule has 0 aliphatic carbocycles. The number of aromatic amines is 1. The molecule has 0 spiro atoms. The molecule has 0 radical (unpaired) electrons. The molecule has 1 amide bonds. The monoisotopic (exact) mass is 460 g/mol. The summed E-state index contributed by atoms with van der Waals surface area (Å²) >= 11 is 7.02. The highest BCUT2D eigenvalue weighted by atomic mass is 35.5. The number of thioether (sulfide) groups is 1. The lowest BCUT2D eigenvalue weighted by molar-refractivity contribution is -0.115. The Balaban J connectivity index is 1.69. The van der Waals surface area contributed by atoms with Crippen LogP contribution in [0.3, 0.4) is 0 Å². The maximum atomic E-state index is 13.5. The van der Waals surface area contributed by atoms with Crippen molar-refractivity contribution in [2.24, 2.45) is 0 Å². The Morgan fingerprint density at radius 3 is 2.77 bits per heavy atom. The molecule has 0 bridgehead atoms. The van der Waals surface area contributed by atoms with E-state index in [1.165, 1.54) is 43.9 Å². The smallest absolute Gasteiger partial charge is 0.244 e. The van der Waals surface area contributed by atoms with Crippen LogP contribution < -0.4 is 15.8 Å². The van der Waals surface area contributed by atoms with E-state index in [-0.39, 0.29) is 22.8 Å². The minimum atomic E-state index is -0.855. The van der Waals surface area contributed by atoms with Crippen LogP contribution in [0.15, 0.2) is 41.8 Å². The number of nitrogens with zero attached hydrogens (tertiary/aromatic N) is 5. The lowest BCUT2D eigenvalue weighted by Gasteiger charge is -2.16. The summed E-state index contributed by atoms with van der Waals surface area (Å²) in [5, 5.41) is 2.36. The Labute approximate surface area is 183 Å². The number of benzene rings is 1. The molecule has 3 aromatic heterocycles. The van der Waals surface area contributed by atoms with Gasteiger partial charge in [-0.1, -0.05) is 35.5 Å². The van der Waals surface area contributed by atoms with Crippen molar-refractivity contribution in [1.29, 1.82) is 0 Å². The normalized spacial score (nSPS) is 12.0. The number of ether oxygens (including phenoxy) is 1. The van der Waals surface area contributed by atoms with Gasteiger partial charge >= 0.3 is 0 Å². The molecule has 0 fully saturated rings. The van der Waals surface area contributed by atoms with Crippen LogP contribution in [0.1, 0.15) is 10.8 Å². The number of halogens is 2. The SMILES string of the molecule is COc1nc(NC(=O)[C@@H](Sc2nc(N)nc3nc[nH]c23)c2ccc(F)cc2)ncc1Cl. The molecule has 0 unspecified atom stereocenters. The molecule has 1 aromatic carbocycles. The number of fused-ring (bicyclic) bond motifs is 1. The molecule has 0 saturated carbocycles. The highest BCUT2D eigenvalue weighted by Crippen LogP contribution is 2.38. The van der Waals surface area contributed by atoms with Crippen molar-refractivity contribution in [3.8, 4) is 5.88 Å². The molecule has 31 heavy (non-hydrogen) atoms. The van der Waals surface area contributed by atoms with Crippen molar-refractivity contribution < 1.29 is 13.9 Å². The lowest BCUT2D eigenvalue weighted by atomic mass is 10.1. The number of nitrogens with two attached hydrogens (primary N) is 1. The Morgan fingerprint density at radius 1 is 1.26 bits per heavy atom. The summed E-state index contributed by atoms with van der Waals surface area (Å²) in [7, 11) is 1.39. The molecule has 13 heteroatoms. The number of rotatable bonds is 6. The van der Waals surface area contributed by atoms with E-state index >= 15 is 0 Å². The van der Waals surface area contributed by atoms with Gasteiger partial charge in [0.1, 0.15) is 26.6 Å². The zero-order valence-corrected chi connectivity index (χ0v) is 17.4. The molecule has 0 saturated heterocycles. The number of nitrogen functional groups attached to an aromatic ring is 1. The van der Waals surface area contributed by atoms with Crippen molar-refractivity contribution in [3.05, 3.63) is 53.2 Å². The number of aromatic nitrogens is 6. The highest BCUT2D eigenvalue weighted by molar-refractivity contribution is 8.00. The first-order chi connectivity index (χ1) is 14.9. The molecule has 4 aromatic rings. The average Bonchev–Trinajstić information content (AvgIpc) is 3.22. The average molecular weight is 461 g/mol. The quantitative estimate of drug-likeness (QED) is 0.292. The summed E-state index contributed by atoms with van der Waals surface area (Å²) in [4.78, 5) is 36.5. The topological polar surface area (TPSA) is 145 Å². The van der Waals surface area contributed by atoms with Crippen LogP contribution in [-0.2, 0) is 4.79 Å². The van der Waals surface area contributed by atoms with Gasteiger partial charge in [0.2, 0.25) is 23.7 Å². The number of methoxy groups -OCH3 is 1. The molecule has 0 aliphatic rings. The fourth-order valence-corrected chi connectivity index (χ4v) is 3.93. The van der Waals surface area contributed by atoms with Crippen molar-refractivity contribution in [2.45, 2.75) is 10.3 Å². The van der Waals surface area contributed by atoms with E-state index in [4.69, 9.17) is 22.1 Å². The number of nitrogens with one attached hydrogen (secondary N) is 2. The second-order valence-electron chi connectivity index (χ2n) is 6.08. The molecular formula is C18H14ClFN8O2S. The van der Waals surface area contributed by atoms with E-state index < -0.39 is 17.0 Å². The highest BCUT2D eigenvalue weighted by Gasteiger charge is 2.26. The van der Waals surface area contributed by atoms with Gasteiger partial charge in [-0.2, -0.15) is 9.97 Å². The van der Waals surface area contributed by atoms with Crippen molar-refractivity contribution in [2.75, 3.05) is 18.2 Å². The number of hydrogen-bond donors (Lipinski definition) is 3. The molecule has 10 nitrogen and oxygen atoms in total. The summed E-state index contributed by atoms with van der Waals surface area (Å²) in [5.41, 5.74) is 7.18. The van der Waals surface area contributed by atoms with E-state index in [1.54, 1.807) is 0 Å². The van der Waals surface area contributed by atoms with Crippen LogP contribution in [0.25, 0.3) is 11.2 Å². The van der Waals surface area contributed by atoms with Crippen LogP contribution in [0.5, 0.6) is 5.88 Å². The first kappa shape index (κ1) is 20.8. The molecular weight excluding hydrogens is 447 g/mol. The van der Waals surface area contributed by atoms with Crippen molar-refractivity contribution in [1.82, 2.24) is 29.9 Å². The maximum Gasteiger partial charge on any atom is 0.244 e. The molecule has 158 valence electrons. The third kappa shape index (κ3) is 4.49. The van der Waals surface area contributed by atoms with Gasteiger partial charge in [0.05, 0.1) is 19.6 Å². The van der Waals surface area contributed by atoms with Gasteiger partial charge in [-0.15, -0.1) is 0 Å². The zero-order valence-electron chi connectivity index (χ0n) is 15.8. The molecule has 1 atom stereocenters. The van der Waals surface area contributed by atoms with Gasteiger partial charge < -0.3 is 15.5 Å². The molecule has 0 aliphatic heterocycles. The standard InChI is InChI=1S/C18H14ClFN8O2S/c1-30-15-10(19)6-22-18(27-15)26-14(29)12(8-2-4-9(20)5-3-8)31-16-11-13(24-7-23-11)25-17(21)28-16/h2-7,12H,1H3,(H,22,26,27,29)(H3,21,23,24,25,28)/t12-/m0/s1. The number of hydrogen-bond acceptors (Lipinski definition) is 9. The summed E-state index contributed by atoms with van der Waals surface area (Å²) < 4.78 is 18.5. The van der Waals surface area contributed by atoms with Gasteiger partial charge in [-0.05, 0) is 17.7 Å². The number of H-pyrrole nitrogens is 1. The second kappa shape index (κ2) is 8.70. The van der Waals surface area contributed by atoms with Crippen LogP contribution in [0.4, 0.5) is 16.3 Å². The first-order valence-electron chi connectivity index (χ1n) is 8.70. The van der Waals surface area contributed by atoms with Crippen LogP contribution in [0, 0.1) is 5.82 Å². The summed E-state index contributed by atoms with van der Waals surface area (Å²) in [6.45, 7) is 0. The number of carbonyl (C=O) groups is 1. The first-order valence-corrected chi connectivity index (χ1v) is 9.96. The van der Waals surface area contributed by atoms with Gasteiger partial charge in [-0.3, -0.25) is 10.1 Å².